The third-order valence-electron chi connectivity index (χ3n) is 4.98. The Morgan fingerprint density at radius 1 is 1.04 bits per heavy atom. The number of benzene rings is 2. The van der Waals surface area contributed by atoms with E-state index in [2.05, 4.69) is 5.32 Å². The summed E-state index contributed by atoms with van der Waals surface area (Å²) in [5.41, 5.74) is 0.750. The van der Waals surface area contributed by atoms with Crippen molar-refractivity contribution in [3.63, 3.8) is 0 Å². The molecular weight excluding hydrogens is 354 g/mol. The monoisotopic (exact) mass is 379 g/mol. The molecule has 0 radical (unpaired) electrons. The van der Waals surface area contributed by atoms with Crippen molar-refractivity contribution >= 4 is 12.1 Å². The Balaban J connectivity index is 1.81. The molecule has 2 aromatic rings. The van der Waals surface area contributed by atoms with Crippen molar-refractivity contribution in [3.05, 3.63) is 83.9 Å². The van der Waals surface area contributed by atoms with Gasteiger partial charge in [0.2, 0.25) is 0 Å². The molecule has 0 fully saturated rings. The van der Waals surface area contributed by atoms with Crippen LogP contribution in [0.2, 0.25) is 0 Å². The van der Waals surface area contributed by atoms with E-state index in [1.807, 2.05) is 72.8 Å². The number of alkyl carbamates (subject to hydrolysis) is 1. The Bertz CT molecular complexity index is 819. The largest absolute Gasteiger partial charge is 0.465 e. The highest BCUT2D eigenvalue weighted by atomic mass is 16.5. The van der Waals surface area contributed by atoms with Gasteiger partial charge in [-0.25, -0.2) is 4.79 Å². The minimum atomic E-state index is -0.974. The molecule has 2 aromatic carbocycles. The van der Waals surface area contributed by atoms with Crippen molar-refractivity contribution in [2.45, 2.75) is 37.8 Å². The normalized spacial score (nSPS) is 21.0. The fraction of sp³-hybridized carbons (Fsp3) is 0.304. The third-order valence-corrected chi connectivity index (χ3v) is 4.98. The van der Waals surface area contributed by atoms with Crippen LogP contribution in [0.3, 0.4) is 0 Å². The summed E-state index contributed by atoms with van der Waals surface area (Å²) in [5.74, 6) is -0.334. The van der Waals surface area contributed by atoms with E-state index in [0.717, 1.165) is 17.5 Å². The molecule has 0 aromatic heterocycles. The molecule has 0 spiro atoms. The molecule has 1 aliphatic carbocycles. The van der Waals surface area contributed by atoms with Gasteiger partial charge < -0.3 is 14.8 Å². The molecule has 5 heteroatoms. The molecule has 1 aliphatic rings. The lowest BCUT2D eigenvalue weighted by atomic mass is 9.68. The molecular formula is C23H25NO4. The molecule has 0 heterocycles. The summed E-state index contributed by atoms with van der Waals surface area (Å²) in [5, 5.41) is 2.87. The second-order valence-electron chi connectivity index (χ2n) is 6.71. The van der Waals surface area contributed by atoms with Crippen LogP contribution < -0.4 is 5.32 Å². The molecule has 5 nitrogen and oxygen atoms in total. The molecule has 0 saturated carbocycles. The number of carbonyl (C=O) groups excluding carboxylic acids is 2. The summed E-state index contributed by atoms with van der Waals surface area (Å²) < 4.78 is 10.8. The number of carbonyl (C=O) groups is 2. The van der Waals surface area contributed by atoms with Crippen LogP contribution in [-0.4, -0.2) is 24.7 Å². The number of hydrogen-bond acceptors (Lipinski definition) is 4. The van der Waals surface area contributed by atoms with Crippen molar-refractivity contribution in [2.24, 2.45) is 0 Å². The molecule has 28 heavy (non-hydrogen) atoms. The van der Waals surface area contributed by atoms with E-state index in [4.69, 9.17) is 9.47 Å². The standard InChI is InChI=1S/C23H25NO4/c1-2-27-21(25)23(19-13-7-4-8-14-19)16-10-9-15-20(23)24-22(26)28-17-18-11-5-3-6-12-18/h3-9,11-15,20H,2,10,16-17H2,1H3,(H,24,26)/t20-,23-/m0/s1. The lowest BCUT2D eigenvalue weighted by Gasteiger charge is -2.39. The zero-order chi connectivity index (χ0) is 19.8. The third kappa shape index (κ3) is 4.25. The van der Waals surface area contributed by atoms with E-state index >= 15 is 0 Å². The Hall–Kier alpha value is -3.08. The van der Waals surface area contributed by atoms with Crippen LogP contribution in [-0.2, 0) is 26.3 Å². The topological polar surface area (TPSA) is 64.6 Å². The number of esters is 1. The molecule has 0 aliphatic heterocycles. The highest BCUT2D eigenvalue weighted by molar-refractivity contribution is 5.86. The fourth-order valence-electron chi connectivity index (χ4n) is 3.59. The fourth-order valence-corrected chi connectivity index (χ4v) is 3.59. The average molecular weight is 379 g/mol. The molecule has 3 rings (SSSR count). The smallest absolute Gasteiger partial charge is 0.407 e. The van der Waals surface area contributed by atoms with Gasteiger partial charge in [-0.05, 0) is 30.9 Å². The molecule has 0 unspecified atom stereocenters. The summed E-state index contributed by atoms with van der Waals surface area (Å²) in [4.78, 5) is 25.5. The molecule has 1 amide bonds. The molecule has 146 valence electrons. The van der Waals surface area contributed by atoms with Gasteiger partial charge in [-0.3, -0.25) is 4.79 Å². The summed E-state index contributed by atoms with van der Waals surface area (Å²) in [6, 6.07) is 18.4. The number of amides is 1. The van der Waals surface area contributed by atoms with E-state index in [1.54, 1.807) is 6.92 Å². The second kappa shape index (κ2) is 9.22. The van der Waals surface area contributed by atoms with E-state index in [9.17, 15) is 9.59 Å². The van der Waals surface area contributed by atoms with Crippen LogP contribution in [0.4, 0.5) is 4.79 Å². The number of ether oxygens (including phenoxy) is 2. The first-order chi connectivity index (χ1) is 13.7. The Morgan fingerprint density at radius 3 is 2.39 bits per heavy atom. The van der Waals surface area contributed by atoms with Gasteiger partial charge in [0.1, 0.15) is 12.0 Å². The first kappa shape index (κ1) is 19.7. The van der Waals surface area contributed by atoms with E-state index in [0.29, 0.717) is 6.42 Å². The lowest BCUT2D eigenvalue weighted by molar-refractivity contribution is -0.151. The molecule has 0 bridgehead atoms. The van der Waals surface area contributed by atoms with E-state index in [1.165, 1.54) is 0 Å². The van der Waals surface area contributed by atoms with E-state index in [-0.39, 0.29) is 19.2 Å². The predicted molar refractivity (Wildman–Crippen MR) is 107 cm³/mol. The van der Waals surface area contributed by atoms with Crippen molar-refractivity contribution in [3.8, 4) is 0 Å². The van der Waals surface area contributed by atoms with Gasteiger partial charge in [0.05, 0.1) is 12.6 Å². The van der Waals surface area contributed by atoms with Gasteiger partial charge in [0.25, 0.3) is 0 Å². The second-order valence-corrected chi connectivity index (χ2v) is 6.71. The summed E-state index contributed by atoms with van der Waals surface area (Å²) in [7, 11) is 0. The van der Waals surface area contributed by atoms with E-state index < -0.39 is 17.6 Å². The first-order valence-corrected chi connectivity index (χ1v) is 9.53. The maximum atomic E-state index is 13.0. The number of rotatable bonds is 6. The maximum absolute atomic E-state index is 13.0. The molecule has 1 N–H and O–H groups in total. The minimum absolute atomic E-state index is 0.168. The first-order valence-electron chi connectivity index (χ1n) is 9.53. The number of allylic oxidation sites excluding steroid dienone is 1. The van der Waals surface area contributed by atoms with Gasteiger partial charge in [-0.15, -0.1) is 0 Å². The highest BCUT2D eigenvalue weighted by Crippen LogP contribution is 2.38. The molecule has 2 atom stereocenters. The van der Waals surface area contributed by atoms with Crippen LogP contribution >= 0.6 is 0 Å². The predicted octanol–water partition coefficient (Wildman–Crippen LogP) is 4.13. The summed E-state index contributed by atoms with van der Waals surface area (Å²) in [6.45, 7) is 2.23. The van der Waals surface area contributed by atoms with Crippen molar-refractivity contribution in [1.29, 1.82) is 0 Å². The number of nitrogens with one attached hydrogen (secondary N) is 1. The van der Waals surface area contributed by atoms with Crippen LogP contribution in [0.1, 0.15) is 30.9 Å². The van der Waals surface area contributed by atoms with Crippen LogP contribution in [0.25, 0.3) is 0 Å². The zero-order valence-electron chi connectivity index (χ0n) is 16.0. The van der Waals surface area contributed by atoms with Crippen molar-refractivity contribution in [2.75, 3.05) is 6.61 Å². The Labute approximate surface area is 165 Å². The van der Waals surface area contributed by atoms with Gasteiger partial charge in [0.15, 0.2) is 0 Å². The summed E-state index contributed by atoms with van der Waals surface area (Å²) >= 11 is 0. The molecule has 0 saturated heterocycles. The van der Waals surface area contributed by atoms with Crippen LogP contribution in [0, 0.1) is 0 Å². The maximum Gasteiger partial charge on any atom is 0.407 e. The van der Waals surface area contributed by atoms with Crippen LogP contribution in [0.15, 0.2) is 72.8 Å². The van der Waals surface area contributed by atoms with Crippen LogP contribution in [0.5, 0.6) is 0 Å². The van der Waals surface area contributed by atoms with Gasteiger partial charge >= 0.3 is 12.1 Å². The number of hydrogen-bond donors (Lipinski definition) is 1. The Kier molecular flexibility index (Phi) is 6.48. The zero-order valence-corrected chi connectivity index (χ0v) is 16.0. The van der Waals surface area contributed by atoms with Gasteiger partial charge in [0, 0.05) is 0 Å². The van der Waals surface area contributed by atoms with Gasteiger partial charge in [-0.2, -0.15) is 0 Å². The van der Waals surface area contributed by atoms with Crippen molar-refractivity contribution < 1.29 is 19.1 Å². The van der Waals surface area contributed by atoms with Gasteiger partial charge in [-0.1, -0.05) is 72.8 Å². The minimum Gasteiger partial charge on any atom is -0.465 e. The summed E-state index contributed by atoms with van der Waals surface area (Å²) in [6.07, 6.45) is 4.55. The highest BCUT2D eigenvalue weighted by Gasteiger charge is 2.49. The quantitative estimate of drug-likeness (QED) is 0.605. The Morgan fingerprint density at radius 2 is 1.71 bits per heavy atom. The SMILES string of the molecule is CCOC(=O)[C@]1(c2ccccc2)CCC=C[C@@H]1NC(=O)OCc1ccccc1. The van der Waals surface area contributed by atoms with Crippen molar-refractivity contribution in [1.82, 2.24) is 5.32 Å². The lowest BCUT2D eigenvalue weighted by Crippen LogP contribution is -2.56. The average Bonchev–Trinajstić information content (AvgIpc) is 2.74.